The maximum absolute atomic E-state index is 12.8. The maximum Gasteiger partial charge on any atom is 0.417 e. The van der Waals surface area contributed by atoms with Crippen LogP contribution in [-0.2, 0) is 6.18 Å². The summed E-state index contributed by atoms with van der Waals surface area (Å²) in [5.41, 5.74) is 0.618. The molecule has 0 fully saturated rings. The summed E-state index contributed by atoms with van der Waals surface area (Å²) in [6.45, 7) is 3.44. The highest BCUT2D eigenvalue weighted by Crippen LogP contribution is 2.30. The van der Waals surface area contributed by atoms with Gasteiger partial charge in [0.1, 0.15) is 11.5 Å². The lowest BCUT2D eigenvalue weighted by Gasteiger charge is -2.18. The quantitative estimate of drug-likeness (QED) is 0.632. The SMILES string of the molecule is COc1ccc(C(C)NC(=O)c2cnn(-c3ccc(C(F)(F)F)cn3)c2C)c(OC)c1. The molecule has 1 amide bonds. The van der Waals surface area contributed by atoms with E-state index in [0.717, 1.165) is 17.8 Å². The zero-order chi connectivity index (χ0) is 22.8. The van der Waals surface area contributed by atoms with Gasteiger partial charge in [-0.2, -0.15) is 18.3 Å². The largest absolute Gasteiger partial charge is 0.497 e. The molecule has 0 saturated heterocycles. The third-order valence-corrected chi connectivity index (χ3v) is 4.80. The average Bonchev–Trinajstić information content (AvgIpc) is 3.14. The van der Waals surface area contributed by atoms with E-state index in [1.54, 1.807) is 39.2 Å². The Kier molecular flexibility index (Phi) is 6.19. The van der Waals surface area contributed by atoms with Crippen LogP contribution in [-0.4, -0.2) is 34.9 Å². The number of ether oxygens (including phenoxy) is 2. The number of alkyl halides is 3. The van der Waals surface area contributed by atoms with Crippen LogP contribution >= 0.6 is 0 Å². The molecule has 0 radical (unpaired) electrons. The molecule has 0 aliphatic heterocycles. The van der Waals surface area contributed by atoms with Crippen molar-refractivity contribution in [2.24, 2.45) is 0 Å². The summed E-state index contributed by atoms with van der Waals surface area (Å²) in [6.07, 6.45) is -2.40. The van der Waals surface area contributed by atoms with Crippen LogP contribution in [0.1, 0.15) is 40.1 Å². The van der Waals surface area contributed by atoms with Crippen LogP contribution in [0.3, 0.4) is 0 Å². The molecule has 1 atom stereocenters. The van der Waals surface area contributed by atoms with E-state index in [9.17, 15) is 18.0 Å². The van der Waals surface area contributed by atoms with Crippen LogP contribution in [0.2, 0.25) is 0 Å². The first-order chi connectivity index (χ1) is 14.7. The fourth-order valence-corrected chi connectivity index (χ4v) is 3.07. The van der Waals surface area contributed by atoms with E-state index in [0.29, 0.717) is 17.2 Å². The fraction of sp³-hybridized carbons (Fsp3) is 0.286. The maximum atomic E-state index is 12.8. The van der Waals surface area contributed by atoms with Crippen LogP contribution in [0.4, 0.5) is 13.2 Å². The highest BCUT2D eigenvalue weighted by Gasteiger charge is 2.31. The normalized spacial score (nSPS) is 12.4. The van der Waals surface area contributed by atoms with E-state index in [1.807, 2.05) is 0 Å². The van der Waals surface area contributed by atoms with Crippen molar-refractivity contribution in [1.29, 1.82) is 0 Å². The molecule has 2 aromatic heterocycles. The van der Waals surface area contributed by atoms with E-state index in [1.165, 1.54) is 24.1 Å². The molecule has 0 spiro atoms. The lowest BCUT2D eigenvalue weighted by molar-refractivity contribution is -0.137. The number of nitrogens with one attached hydrogen (secondary N) is 1. The van der Waals surface area contributed by atoms with Gasteiger partial charge in [0.25, 0.3) is 5.91 Å². The van der Waals surface area contributed by atoms with Gasteiger partial charge in [-0.25, -0.2) is 9.67 Å². The zero-order valence-corrected chi connectivity index (χ0v) is 17.3. The number of benzene rings is 1. The van der Waals surface area contributed by atoms with Gasteiger partial charge >= 0.3 is 6.18 Å². The van der Waals surface area contributed by atoms with Gasteiger partial charge in [0.2, 0.25) is 0 Å². The van der Waals surface area contributed by atoms with Gasteiger partial charge in [-0.05, 0) is 38.1 Å². The Balaban J connectivity index is 1.80. The molecule has 0 aliphatic carbocycles. The minimum atomic E-state index is -4.48. The van der Waals surface area contributed by atoms with Gasteiger partial charge in [-0.3, -0.25) is 4.79 Å². The van der Waals surface area contributed by atoms with Gasteiger partial charge < -0.3 is 14.8 Å². The van der Waals surface area contributed by atoms with E-state index < -0.39 is 11.7 Å². The third kappa shape index (κ3) is 4.62. The number of nitrogens with zero attached hydrogens (tertiary/aromatic N) is 3. The van der Waals surface area contributed by atoms with Gasteiger partial charge in [0.15, 0.2) is 5.82 Å². The van der Waals surface area contributed by atoms with Crippen molar-refractivity contribution in [2.45, 2.75) is 26.1 Å². The molecule has 10 heteroatoms. The Bertz CT molecular complexity index is 1080. The van der Waals surface area contributed by atoms with Gasteiger partial charge in [0, 0.05) is 17.8 Å². The summed E-state index contributed by atoms with van der Waals surface area (Å²) in [4.78, 5) is 16.6. The number of hydrogen-bond acceptors (Lipinski definition) is 5. The topological polar surface area (TPSA) is 78.3 Å². The Labute approximate surface area is 176 Å². The Morgan fingerprint density at radius 1 is 1.13 bits per heavy atom. The fourth-order valence-electron chi connectivity index (χ4n) is 3.07. The zero-order valence-electron chi connectivity index (χ0n) is 17.3. The molecule has 0 aliphatic rings. The molecular weight excluding hydrogens is 413 g/mol. The second-order valence-corrected chi connectivity index (χ2v) is 6.76. The summed E-state index contributed by atoms with van der Waals surface area (Å²) in [7, 11) is 3.07. The number of rotatable bonds is 6. The standard InChI is InChI=1S/C21H21F3N4O3/c1-12(16-7-6-15(30-3)9-18(16)31-4)27-20(29)17-11-26-28(13(17)2)19-8-5-14(10-25-19)21(22,23)24/h5-12H,1-4H3,(H,27,29). The lowest BCUT2D eigenvalue weighted by atomic mass is 10.1. The molecule has 3 rings (SSSR count). The van der Waals surface area contributed by atoms with E-state index in [4.69, 9.17) is 9.47 Å². The van der Waals surface area contributed by atoms with Crippen LogP contribution in [0.5, 0.6) is 11.5 Å². The molecule has 164 valence electrons. The van der Waals surface area contributed by atoms with Crippen molar-refractivity contribution < 1.29 is 27.4 Å². The van der Waals surface area contributed by atoms with Crippen molar-refractivity contribution in [3.05, 3.63) is 65.1 Å². The number of halogens is 3. The van der Waals surface area contributed by atoms with Gasteiger partial charge in [-0.1, -0.05) is 0 Å². The molecule has 0 saturated carbocycles. The van der Waals surface area contributed by atoms with Crippen LogP contribution < -0.4 is 14.8 Å². The number of carbonyl (C=O) groups is 1. The molecule has 1 unspecified atom stereocenters. The molecule has 3 aromatic rings. The van der Waals surface area contributed by atoms with E-state index in [2.05, 4.69) is 15.4 Å². The Hall–Kier alpha value is -3.56. The van der Waals surface area contributed by atoms with Crippen molar-refractivity contribution >= 4 is 5.91 Å². The van der Waals surface area contributed by atoms with Gasteiger partial charge in [0.05, 0.1) is 43.3 Å². The molecule has 1 aromatic carbocycles. The second kappa shape index (κ2) is 8.66. The van der Waals surface area contributed by atoms with Gasteiger partial charge in [-0.15, -0.1) is 0 Å². The monoisotopic (exact) mass is 434 g/mol. The molecule has 7 nitrogen and oxygen atoms in total. The molecule has 2 heterocycles. The number of amides is 1. The first-order valence-electron chi connectivity index (χ1n) is 9.26. The first-order valence-corrected chi connectivity index (χ1v) is 9.26. The third-order valence-electron chi connectivity index (χ3n) is 4.80. The lowest BCUT2D eigenvalue weighted by Crippen LogP contribution is -2.27. The van der Waals surface area contributed by atoms with Crippen LogP contribution in [0, 0.1) is 6.92 Å². The van der Waals surface area contributed by atoms with E-state index >= 15 is 0 Å². The number of hydrogen-bond donors (Lipinski definition) is 1. The van der Waals surface area contributed by atoms with Crippen molar-refractivity contribution in [3.8, 4) is 17.3 Å². The number of pyridine rings is 1. The summed E-state index contributed by atoms with van der Waals surface area (Å²) >= 11 is 0. The highest BCUT2D eigenvalue weighted by atomic mass is 19.4. The predicted molar refractivity (Wildman–Crippen MR) is 107 cm³/mol. The summed E-state index contributed by atoms with van der Waals surface area (Å²) in [6, 6.07) is 7.01. The first kappa shape index (κ1) is 22.1. The van der Waals surface area contributed by atoms with Crippen molar-refractivity contribution in [3.63, 3.8) is 0 Å². The minimum Gasteiger partial charge on any atom is -0.497 e. The Morgan fingerprint density at radius 3 is 2.45 bits per heavy atom. The smallest absolute Gasteiger partial charge is 0.417 e. The summed E-state index contributed by atoms with van der Waals surface area (Å²) in [5.74, 6) is 0.976. The average molecular weight is 434 g/mol. The molecule has 31 heavy (non-hydrogen) atoms. The summed E-state index contributed by atoms with van der Waals surface area (Å²) < 4.78 is 50.1. The van der Waals surface area contributed by atoms with E-state index in [-0.39, 0.29) is 23.3 Å². The van der Waals surface area contributed by atoms with Crippen molar-refractivity contribution in [1.82, 2.24) is 20.1 Å². The number of aromatic nitrogens is 3. The van der Waals surface area contributed by atoms with Crippen molar-refractivity contribution in [2.75, 3.05) is 14.2 Å². The van der Waals surface area contributed by atoms with Crippen LogP contribution in [0.15, 0.2) is 42.7 Å². The second-order valence-electron chi connectivity index (χ2n) is 6.76. The predicted octanol–water partition coefficient (Wildman–Crippen LogP) is 4.10. The minimum absolute atomic E-state index is 0.175. The molecule has 1 N–H and O–H groups in total. The number of carbonyl (C=O) groups excluding carboxylic acids is 1. The number of methoxy groups -OCH3 is 2. The molecular formula is C21H21F3N4O3. The van der Waals surface area contributed by atoms with Crippen LogP contribution in [0.25, 0.3) is 5.82 Å². The Morgan fingerprint density at radius 2 is 1.87 bits per heavy atom. The highest BCUT2D eigenvalue weighted by molar-refractivity contribution is 5.95. The molecule has 0 bridgehead atoms. The summed E-state index contributed by atoms with van der Waals surface area (Å²) in [5, 5.41) is 6.98.